The first-order chi connectivity index (χ1) is 9.86. The molecule has 0 fully saturated rings. The second kappa shape index (κ2) is 6.13. The SMILES string of the molecule is CCC(NS(=O)(=O)c1c(C)ccc(C)c1N)c1nccs1. The Morgan fingerprint density at radius 3 is 2.57 bits per heavy atom. The van der Waals surface area contributed by atoms with Gasteiger partial charge in [-0.1, -0.05) is 19.1 Å². The van der Waals surface area contributed by atoms with Gasteiger partial charge < -0.3 is 5.73 Å². The van der Waals surface area contributed by atoms with Crippen LogP contribution in [-0.4, -0.2) is 13.4 Å². The van der Waals surface area contributed by atoms with Crippen LogP contribution < -0.4 is 10.5 Å². The summed E-state index contributed by atoms with van der Waals surface area (Å²) in [6.45, 7) is 5.46. The lowest BCUT2D eigenvalue weighted by Gasteiger charge is -2.18. The molecule has 2 rings (SSSR count). The van der Waals surface area contributed by atoms with Gasteiger partial charge >= 0.3 is 0 Å². The molecule has 1 unspecified atom stereocenters. The minimum Gasteiger partial charge on any atom is -0.397 e. The number of benzene rings is 1. The van der Waals surface area contributed by atoms with E-state index in [0.717, 1.165) is 10.6 Å². The number of sulfonamides is 1. The molecular formula is C14H19N3O2S2. The van der Waals surface area contributed by atoms with Gasteiger partial charge in [0.2, 0.25) is 10.0 Å². The van der Waals surface area contributed by atoms with Crippen molar-refractivity contribution in [3.05, 3.63) is 39.8 Å². The van der Waals surface area contributed by atoms with Crippen molar-refractivity contribution in [2.24, 2.45) is 0 Å². The molecule has 114 valence electrons. The van der Waals surface area contributed by atoms with E-state index in [9.17, 15) is 8.42 Å². The Balaban J connectivity index is 2.41. The molecule has 2 aromatic rings. The quantitative estimate of drug-likeness (QED) is 0.828. The average molecular weight is 325 g/mol. The van der Waals surface area contributed by atoms with E-state index in [0.29, 0.717) is 17.7 Å². The van der Waals surface area contributed by atoms with Crippen LogP contribution in [0.5, 0.6) is 0 Å². The summed E-state index contributed by atoms with van der Waals surface area (Å²) in [4.78, 5) is 4.35. The Morgan fingerprint density at radius 2 is 2.00 bits per heavy atom. The maximum Gasteiger partial charge on any atom is 0.243 e. The number of nitrogens with one attached hydrogen (secondary N) is 1. The lowest BCUT2D eigenvalue weighted by Crippen LogP contribution is -2.29. The highest BCUT2D eigenvalue weighted by atomic mass is 32.2. The zero-order chi connectivity index (χ0) is 15.6. The van der Waals surface area contributed by atoms with Gasteiger partial charge in [0.05, 0.1) is 11.7 Å². The van der Waals surface area contributed by atoms with Crippen LogP contribution in [0.3, 0.4) is 0 Å². The normalized spacial score (nSPS) is 13.3. The highest BCUT2D eigenvalue weighted by molar-refractivity contribution is 7.89. The number of nitrogens with two attached hydrogens (primary N) is 1. The Labute approximate surface area is 129 Å². The average Bonchev–Trinajstić information content (AvgIpc) is 2.94. The summed E-state index contributed by atoms with van der Waals surface area (Å²) >= 11 is 1.43. The second-order valence-corrected chi connectivity index (χ2v) is 7.47. The van der Waals surface area contributed by atoms with Crippen LogP contribution in [0.25, 0.3) is 0 Å². The highest BCUT2D eigenvalue weighted by Crippen LogP contribution is 2.28. The van der Waals surface area contributed by atoms with Gasteiger partial charge in [-0.3, -0.25) is 0 Å². The molecule has 3 N–H and O–H groups in total. The molecule has 1 atom stereocenters. The number of anilines is 1. The molecule has 0 saturated carbocycles. The smallest absolute Gasteiger partial charge is 0.243 e. The van der Waals surface area contributed by atoms with Gasteiger partial charge in [-0.05, 0) is 31.4 Å². The number of hydrogen-bond acceptors (Lipinski definition) is 5. The molecule has 21 heavy (non-hydrogen) atoms. The number of nitrogen functional groups attached to an aromatic ring is 1. The summed E-state index contributed by atoms with van der Waals surface area (Å²) in [5, 5.41) is 2.59. The van der Waals surface area contributed by atoms with Gasteiger partial charge in [-0.25, -0.2) is 18.1 Å². The third-order valence-electron chi connectivity index (χ3n) is 3.33. The minimum atomic E-state index is -3.69. The van der Waals surface area contributed by atoms with Gasteiger partial charge in [-0.15, -0.1) is 11.3 Å². The summed E-state index contributed by atoms with van der Waals surface area (Å²) < 4.78 is 28.1. The number of nitrogens with zero attached hydrogens (tertiary/aromatic N) is 1. The predicted octanol–water partition coefficient (Wildman–Crippen LogP) is 2.77. The zero-order valence-electron chi connectivity index (χ0n) is 12.3. The molecule has 0 amide bonds. The van der Waals surface area contributed by atoms with Crippen LogP contribution in [0.2, 0.25) is 0 Å². The Hall–Kier alpha value is -1.44. The first-order valence-electron chi connectivity index (χ1n) is 6.64. The van der Waals surface area contributed by atoms with Crippen molar-refractivity contribution < 1.29 is 8.42 Å². The van der Waals surface area contributed by atoms with Gasteiger partial charge in [0.15, 0.2) is 0 Å². The van der Waals surface area contributed by atoms with Crippen LogP contribution in [-0.2, 0) is 10.0 Å². The van der Waals surface area contributed by atoms with Crippen LogP contribution in [0.15, 0.2) is 28.6 Å². The monoisotopic (exact) mass is 325 g/mol. The molecule has 1 aromatic heterocycles. The highest BCUT2D eigenvalue weighted by Gasteiger charge is 2.25. The maximum atomic E-state index is 12.7. The van der Waals surface area contributed by atoms with E-state index in [1.165, 1.54) is 11.3 Å². The Kier molecular flexibility index (Phi) is 4.65. The molecule has 0 radical (unpaired) electrons. The molecule has 0 bridgehead atoms. The van der Waals surface area contributed by atoms with Crippen LogP contribution in [0.1, 0.15) is 35.5 Å². The van der Waals surface area contributed by atoms with Crippen molar-refractivity contribution in [1.29, 1.82) is 0 Å². The molecule has 1 aromatic carbocycles. The molecule has 0 spiro atoms. The molecular weight excluding hydrogens is 306 g/mol. The molecule has 7 heteroatoms. The van der Waals surface area contributed by atoms with E-state index in [-0.39, 0.29) is 10.9 Å². The van der Waals surface area contributed by atoms with Crippen molar-refractivity contribution in [1.82, 2.24) is 9.71 Å². The van der Waals surface area contributed by atoms with E-state index >= 15 is 0 Å². The largest absolute Gasteiger partial charge is 0.397 e. The van der Waals surface area contributed by atoms with Crippen LogP contribution in [0, 0.1) is 13.8 Å². The first-order valence-corrected chi connectivity index (χ1v) is 9.00. The molecule has 0 aliphatic carbocycles. The fourth-order valence-electron chi connectivity index (χ4n) is 2.12. The molecule has 0 aliphatic rings. The lowest BCUT2D eigenvalue weighted by atomic mass is 10.1. The van der Waals surface area contributed by atoms with E-state index in [1.807, 2.05) is 18.4 Å². The van der Waals surface area contributed by atoms with Gasteiger partial charge in [0.1, 0.15) is 9.90 Å². The van der Waals surface area contributed by atoms with Crippen molar-refractivity contribution in [2.75, 3.05) is 5.73 Å². The van der Waals surface area contributed by atoms with Crippen molar-refractivity contribution in [2.45, 2.75) is 38.1 Å². The first kappa shape index (κ1) is 15.9. The van der Waals surface area contributed by atoms with Gasteiger partial charge in [-0.2, -0.15) is 0 Å². The molecule has 0 aliphatic heterocycles. The molecule has 5 nitrogen and oxygen atoms in total. The lowest BCUT2D eigenvalue weighted by molar-refractivity contribution is 0.549. The standard InChI is InChI=1S/C14H19N3O2S2/c1-4-11(14-16-7-8-20-14)17-21(18,19)13-10(3)6-5-9(2)12(13)15/h5-8,11,17H,4,15H2,1-3H3. The summed E-state index contributed by atoms with van der Waals surface area (Å²) in [7, 11) is -3.69. The topological polar surface area (TPSA) is 85.1 Å². The summed E-state index contributed by atoms with van der Waals surface area (Å²) in [6.07, 6.45) is 2.29. The number of rotatable bonds is 5. The fraction of sp³-hybridized carbons (Fsp3) is 0.357. The Bertz CT molecular complexity index is 725. The van der Waals surface area contributed by atoms with Crippen molar-refractivity contribution >= 4 is 27.0 Å². The fourth-order valence-corrected chi connectivity index (χ4v) is 4.69. The predicted molar refractivity (Wildman–Crippen MR) is 85.8 cm³/mol. The molecule has 1 heterocycles. The summed E-state index contributed by atoms with van der Waals surface area (Å²) in [5.41, 5.74) is 7.67. The number of aromatic nitrogens is 1. The van der Waals surface area contributed by atoms with Crippen molar-refractivity contribution in [3.63, 3.8) is 0 Å². The Morgan fingerprint density at radius 1 is 1.33 bits per heavy atom. The zero-order valence-corrected chi connectivity index (χ0v) is 13.9. The number of aryl methyl sites for hydroxylation is 2. The van der Waals surface area contributed by atoms with Crippen molar-refractivity contribution in [3.8, 4) is 0 Å². The number of thiazole rings is 1. The van der Waals surface area contributed by atoms with E-state index in [1.54, 1.807) is 26.1 Å². The summed E-state index contributed by atoms with van der Waals surface area (Å²) in [6, 6.07) is 3.25. The van der Waals surface area contributed by atoms with Crippen LogP contribution >= 0.6 is 11.3 Å². The number of hydrogen-bond donors (Lipinski definition) is 2. The summed E-state index contributed by atoms with van der Waals surface area (Å²) in [5.74, 6) is 0. The van der Waals surface area contributed by atoms with Gasteiger partial charge in [0.25, 0.3) is 0 Å². The van der Waals surface area contributed by atoms with E-state index in [4.69, 9.17) is 5.73 Å². The van der Waals surface area contributed by atoms with E-state index in [2.05, 4.69) is 9.71 Å². The second-order valence-electron chi connectivity index (χ2n) is 4.89. The van der Waals surface area contributed by atoms with Crippen LogP contribution in [0.4, 0.5) is 5.69 Å². The minimum absolute atomic E-state index is 0.164. The van der Waals surface area contributed by atoms with E-state index < -0.39 is 10.0 Å². The maximum absolute atomic E-state index is 12.7. The van der Waals surface area contributed by atoms with Gasteiger partial charge in [0, 0.05) is 11.6 Å². The molecule has 0 saturated heterocycles. The third kappa shape index (κ3) is 3.25. The third-order valence-corrected chi connectivity index (χ3v) is 5.90.